The molecule has 2 aromatic rings. The number of rotatable bonds is 7. The Morgan fingerprint density at radius 3 is 2.80 bits per heavy atom. The standard InChI is InChI=1S/C17H23N3/c1-2-16(10-14-8-9-14)18-11-15-12-19-20(13-15)17-6-4-3-5-7-17/h3-7,12-14,16,18H,2,8-11H2,1H3. The molecular formula is C17H23N3. The molecule has 1 N–H and O–H groups in total. The predicted octanol–water partition coefficient (Wildman–Crippen LogP) is 3.54. The predicted molar refractivity (Wildman–Crippen MR) is 81.8 cm³/mol. The average molecular weight is 269 g/mol. The second-order valence-electron chi connectivity index (χ2n) is 5.79. The van der Waals surface area contributed by atoms with Gasteiger partial charge in [-0.05, 0) is 30.9 Å². The lowest BCUT2D eigenvalue weighted by atomic mass is 10.1. The number of aromatic nitrogens is 2. The molecule has 0 radical (unpaired) electrons. The molecule has 0 saturated heterocycles. The molecule has 3 nitrogen and oxygen atoms in total. The van der Waals surface area contributed by atoms with Crippen molar-refractivity contribution >= 4 is 0 Å². The number of nitrogens with one attached hydrogen (secondary N) is 1. The van der Waals surface area contributed by atoms with Crippen molar-refractivity contribution < 1.29 is 0 Å². The molecule has 3 heteroatoms. The molecule has 0 bridgehead atoms. The summed E-state index contributed by atoms with van der Waals surface area (Å²) < 4.78 is 1.94. The van der Waals surface area contributed by atoms with E-state index >= 15 is 0 Å². The molecule has 0 amide bonds. The lowest BCUT2D eigenvalue weighted by Crippen LogP contribution is -2.28. The smallest absolute Gasteiger partial charge is 0.0645 e. The van der Waals surface area contributed by atoms with Crippen LogP contribution in [0.5, 0.6) is 0 Å². The second-order valence-corrected chi connectivity index (χ2v) is 5.79. The number of benzene rings is 1. The van der Waals surface area contributed by atoms with Crippen LogP contribution in [0.1, 0.15) is 38.2 Å². The number of hydrogen-bond acceptors (Lipinski definition) is 2. The van der Waals surface area contributed by atoms with Crippen LogP contribution in [-0.4, -0.2) is 15.8 Å². The Labute approximate surface area is 121 Å². The molecule has 1 aromatic heterocycles. The summed E-state index contributed by atoms with van der Waals surface area (Å²) in [5.74, 6) is 0.986. The van der Waals surface area contributed by atoms with Crippen LogP contribution >= 0.6 is 0 Å². The highest BCUT2D eigenvalue weighted by molar-refractivity contribution is 5.30. The van der Waals surface area contributed by atoms with E-state index in [2.05, 4.69) is 35.7 Å². The first-order chi connectivity index (χ1) is 9.85. The Morgan fingerprint density at radius 2 is 2.10 bits per heavy atom. The van der Waals surface area contributed by atoms with Crippen LogP contribution < -0.4 is 5.32 Å². The lowest BCUT2D eigenvalue weighted by Gasteiger charge is -2.15. The normalized spacial score (nSPS) is 16.2. The fraction of sp³-hybridized carbons (Fsp3) is 0.471. The molecule has 1 aliphatic carbocycles. The van der Waals surface area contributed by atoms with Gasteiger partial charge in [0.05, 0.1) is 11.9 Å². The molecule has 3 rings (SSSR count). The van der Waals surface area contributed by atoms with Crippen LogP contribution in [0.3, 0.4) is 0 Å². The van der Waals surface area contributed by atoms with E-state index in [-0.39, 0.29) is 0 Å². The number of nitrogens with zero attached hydrogens (tertiary/aromatic N) is 2. The van der Waals surface area contributed by atoms with E-state index in [4.69, 9.17) is 0 Å². The van der Waals surface area contributed by atoms with Crippen molar-refractivity contribution in [3.05, 3.63) is 48.3 Å². The van der Waals surface area contributed by atoms with Crippen molar-refractivity contribution in [3.8, 4) is 5.69 Å². The SMILES string of the molecule is CCC(CC1CC1)NCc1cnn(-c2ccccc2)c1. The van der Waals surface area contributed by atoms with Crippen LogP contribution in [0.25, 0.3) is 5.69 Å². The summed E-state index contributed by atoms with van der Waals surface area (Å²) in [6.07, 6.45) is 9.50. The first-order valence-corrected chi connectivity index (χ1v) is 7.67. The molecule has 0 spiro atoms. The molecule has 1 fully saturated rings. The minimum atomic E-state index is 0.655. The van der Waals surface area contributed by atoms with E-state index in [1.54, 1.807) is 0 Å². The molecule has 1 saturated carbocycles. The minimum Gasteiger partial charge on any atom is -0.310 e. The summed E-state index contributed by atoms with van der Waals surface area (Å²) in [6, 6.07) is 10.9. The third kappa shape index (κ3) is 3.48. The fourth-order valence-electron chi connectivity index (χ4n) is 2.59. The van der Waals surface area contributed by atoms with Gasteiger partial charge in [0.15, 0.2) is 0 Å². The van der Waals surface area contributed by atoms with Gasteiger partial charge in [0.1, 0.15) is 0 Å². The van der Waals surface area contributed by atoms with E-state index in [0.717, 1.165) is 18.2 Å². The van der Waals surface area contributed by atoms with Gasteiger partial charge in [-0.3, -0.25) is 0 Å². The van der Waals surface area contributed by atoms with Gasteiger partial charge in [-0.1, -0.05) is 38.0 Å². The van der Waals surface area contributed by atoms with Gasteiger partial charge in [0.2, 0.25) is 0 Å². The Hall–Kier alpha value is -1.61. The van der Waals surface area contributed by atoms with E-state index in [0.29, 0.717) is 6.04 Å². The summed E-state index contributed by atoms with van der Waals surface area (Å²) >= 11 is 0. The zero-order valence-electron chi connectivity index (χ0n) is 12.1. The Balaban J connectivity index is 1.56. The van der Waals surface area contributed by atoms with Gasteiger partial charge in [0.25, 0.3) is 0 Å². The lowest BCUT2D eigenvalue weighted by molar-refractivity contribution is 0.445. The van der Waals surface area contributed by atoms with Crippen molar-refractivity contribution in [1.29, 1.82) is 0 Å². The molecule has 1 aliphatic rings. The molecule has 106 valence electrons. The van der Waals surface area contributed by atoms with Crippen molar-refractivity contribution in [2.24, 2.45) is 5.92 Å². The largest absolute Gasteiger partial charge is 0.310 e. The highest BCUT2D eigenvalue weighted by Gasteiger charge is 2.24. The van der Waals surface area contributed by atoms with Gasteiger partial charge >= 0.3 is 0 Å². The summed E-state index contributed by atoms with van der Waals surface area (Å²) in [7, 11) is 0. The second kappa shape index (κ2) is 6.23. The fourth-order valence-corrected chi connectivity index (χ4v) is 2.59. The maximum atomic E-state index is 4.44. The van der Waals surface area contributed by atoms with Crippen molar-refractivity contribution in [2.75, 3.05) is 0 Å². The maximum Gasteiger partial charge on any atom is 0.0645 e. The Bertz CT molecular complexity index is 528. The molecule has 1 aromatic carbocycles. The first-order valence-electron chi connectivity index (χ1n) is 7.67. The van der Waals surface area contributed by atoms with Gasteiger partial charge in [-0.15, -0.1) is 0 Å². The third-order valence-corrected chi connectivity index (χ3v) is 4.06. The van der Waals surface area contributed by atoms with Crippen LogP contribution in [0.15, 0.2) is 42.7 Å². The molecule has 20 heavy (non-hydrogen) atoms. The van der Waals surface area contributed by atoms with E-state index in [1.807, 2.05) is 29.1 Å². The zero-order chi connectivity index (χ0) is 13.8. The van der Waals surface area contributed by atoms with E-state index in [9.17, 15) is 0 Å². The zero-order valence-corrected chi connectivity index (χ0v) is 12.1. The average Bonchev–Trinajstić information content (AvgIpc) is 3.19. The minimum absolute atomic E-state index is 0.655. The van der Waals surface area contributed by atoms with Crippen molar-refractivity contribution in [1.82, 2.24) is 15.1 Å². The molecule has 1 atom stereocenters. The summed E-state index contributed by atoms with van der Waals surface area (Å²) in [5, 5.41) is 8.11. The van der Waals surface area contributed by atoms with E-state index < -0.39 is 0 Å². The van der Waals surface area contributed by atoms with E-state index in [1.165, 1.54) is 31.2 Å². The molecule has 1 heterocycles. The molecule has 1 unspecified atom stereocenters. The van der Waals surface area contributed by atoms with Crippen LogP contribution in [0, 0.1) is 5.92 Å². The van der Waals surface area contributed by atoms with Crippen molar-refractivity contribution in [3.63, 3.8) is 0 Å². The van der Waals surface area contributed by atoms with Crippen LogP contribution in [-0.2, 0) is 6.54 Å². The number of para-hydroxylation sites is 1. The Morgan fingerprint density at radius 1 is 1.30 bits per heavy atom. The molecular weight excluding hydrogens is 246 g/mol. The monoisotopic (exact) mass is 269 g/mol. The van der Waals surface area contributed by atoms with Gasteiger partial charge in [-0.25, -0.2) is 4.68 Å². The summed E-state index contributed by atoms with van der Waals surface area (Å²) in [6.45, 7) is 3.19. The van der Waals surface area contributed by atoms with Gasteiger partial charge < -0.3 is 5.32 Å². The highest BCUT2D eigenvalue weighted by atomic mass is 15.3. The molecule has 0 aliphatic heterocycles. The quantitative estimate of drug-likeness (QED) is 0.833. The number of hydrogen-bond donors (Lipinski definition) is 1. The third-order valence-electron chi connectivity index (χ3n) is 4.06. The van der Waals surface area contributed by atoms with Crippen LogP contribution in [0.2, 0.25) is 0 Å². The maximum absolute atomic E-state index is 4.44. The van der Waals surface area contributed by atoms with Crippen LogP contribution in [0.4, 0.5) is 0 Å². The summed E-state index contributed by atoms with van der Waals surface area (Å²) in [5.41, 5.74) is 2.37. The van der Waals surface area contributed by atoms with Gasteiger partial charge in [0, 0.05) is 24.3 Å². The highest BCUT2D eigenvalue weighted by Crippen LogP contribution is 2.34. The van der Waals surface area contributed by atoms with Crippen molar-refractivity contribution in [2.45, 2.75) is 45.2 Å². The topological polar surface area (TPSA) is 29.9 Å². The Kier molecular flexibility index (Phi) is 4.16. The summed E-state index contributed by atoms with van der Waals surface area (Å²) in [4.78, 5) is 0. The van der Waals surface area contributed by atoms with Gasteiger partial charge in [-0.2, -0.15) is 5.10 Å². The first kappa shape index (κ1) is 13.4.